The molecule has 0 radical (unpaired) electrons. The average Bonchev–Trinajstić information content (AvgIpc) is 2.57. The molecule has 0 aromatic heterocycles. The van der Waals surface area contributed by atoms with Crippen molar-refractivity contribution in [1.29, 1.82) is 0 Å². The van der Waals surface area contributed by atoms with Gasteiger partial charge in [0.2, 0.25) is 0 Å². The monoisotopic (exact) mass is 358 g/mol. The first-order valence-electron chi connectivity index (χ1n) is 7.19. The Kier molecular flexibility index (Phi) is 3.98. The number of hydrogen-bond acceptors (Lipinski definition) is 2. The van der Waals surface area contributed by atoms with E-state index in [9.17, 15) is 0 Å². The molecule has 4 rings (SSSR count). The van der Waals surface area contributed by atoms with Crippen molar-refractivity contribution in [1.82, 2.24) is 0 Å². The number of para-hydroxylation sites is 1. The van der Waals surface area contributed by atoms with Crippen LogP contribution in [-0.4, -0.2) is 0 Å². The lowest BCUT2D eigenvalue weighted by Crippen LogP contribution is -2.07. The minimum atomic E-state index is 0.134. The molecule has 1 heterocycles. The molecule has 0 fully saturated rings. The second-order valence-electron chi connectivity index (χ2n) is 5.27. The second-order valence-corrected chi connectivity index (χ2v) is 7.33. The van der Waals surface area contributed by atoms with Crippen LogP contribution in [0.15, 0.2) is 71.6 Å². The lowest BCUT2D eigenvalue weighted by atomic mass is 10.00. The van der Waals surface area contributed by atoms with Crippen LogP contribution in [0.2, 0.25) is 10.0 Å². The summed E-state index contributed by atoms with van der Waals surface area (Å²) in [6.45, 7) is 0. The summed E-state index contributed by atoms with van der Waals surface area (Å²) in [6, 6.07) is 21.8. The van der Waals surface area contributed by atoms with Crippen molar-refractivity contribution in [2.24, 2.45) is 0 Å². The lowest BCUT2D eigenvalue weighted by Gasteiger charge is -2.28. The van der Waals surface area contributed by atoms with Crippen LogP contribution < -0.4 is 4.74 Å². The van der Waals surface area contributed by atoms with E-state index in [4.69, 9.17) is 27.9 Å². The van der Waals surface area contributed by atoms with Gasteiger partial charge in [-0.05, 0) is 48.5 Å². The molecule has 1 unspecified atom stereocenters. The molecule has 0 amide bonds. The molecular weight excluding hydrogens is 347 g/mol. The summed E-state index contributed by atoms with van der Waals surface area (Å²) >= 11 is 14.0. The van der Waals surface area contributed by atoms with Crippen molar-refractivity contribution in [3.8, 4) is 11.5 Å². The standard InChI is InChI=1S/C19H12Cl2OS/c20-12-5-8-14(9-6-12)23-19-15-3-1-2-4-17(15)22-18-10-7-13(21)11-16(18)19/h1-11,19H. The van der Waals surface area contributed by atoms with Crippen LogP contribution in [0.25, 0.3) is 0 Å². The van der Waals surface area contributed by atoms with Crippen LogP contribution >= 0.6 is 35.0 Å². The van der Waals surface area contributed by atoms with Crippen molar-refractivity contribution < 1.29 is 4.74 Å². The van der Waals surface area contributed by atoms with Crippen molar-refractivity contribution in [3.63, 3.8) is 0 Å². The van der Waals surface area contributed by atoms with Crippen LogP contribution in [0.5, 0.6) is 11.5 Å². The molecule has 3 aromatic carbocycles. The zero-order valence-corrected chi connectivity index (χ0v) is 14.3. The average molecular weight is 359 g/mol. The minimum Gasteiger partial charge on any atom is -0.457 e. The number of halogens is 2. The predicted molar refractivity (Wildman–Crippen MR) is 97.1 cm³/mol. The van der Waals surface area contributed by atoms with E-state index in [1.807, 2.05) is 60.7 Å². The van der Waals surface area contributed by atoms with Crippen molar-refractivity contribution >= 4 is 35.0 Å². The van der Waals surface area contributed by atoms with E-state index in [1.54, 1.807) is 11.8 Å². The molecule has 1 aliphatic heterocycles. The molecule has 0 N–H and O–H groups in total. The third-order valence-electron chi connectivity index (χ3n) is 3.74. The molecule has 3 aromatic rings. The Morgan fingerprint density at radius 2 is 1.43 bits per heavy atom. The van der Waals surface area contributed by atoms with E-state index in [2.05, 4.69) is 6.07 Å². The Balaban J connectivity index is 1.81. The number of hydrogen-bond donors (Lipinski definition) is 0. The van der Waals surface area contributed by atoms with Crippen molar-refractivity contribution in [3.05, 3.63) is 87.9 Å². The molecule has 0 spiro atoms. The summed E-state index contributed by atoms with van der Waals surface area (Å²) < 4.78 is 6.03. The zero-order chi connectivity index (χ0) is 15.8. The highest BCUT2D eigenvalue weighted by molar-refractivity contribution is 7.99. The summed E-state index contributed by atoms with van der Waals surface area (Å²) in [5.41, 5.74) is 2.25. The number of rotatable bonds is 2. The molecule has 0 aliphatic carbocycles. The Hall–Kier alpha value is -1.61. The maximum atomic E-state index is 6.21. The van der Waals surface area contributed by atoms with Crippen molar-refractivity contribution in [2.45, 2.75) is 10.1 Å². The van der Waals surface area contributed by atoms with Crippen LogP contribution in [0.4, 0.5) is 0 Å². The minimum absolute atomic E-state index is 0.134. The number of thioether (sulfide) groups is 1. The van der Waals surface area contributed by atoms with Gasteiger partial charge in [0.25, 0.3) is 0 Å². The molecule has 4 heteroatoms. The fourth-order valence-corrected chi connectivity index (χ4v) is 4.17. The number of fused-ring (bicyclic) bond motifs is 2. The summed E-state index contributed by atoms with van der Waals surface area (Å²) in [5.74, 6) is 1.76. The van der Waals surface area contributed by atoms with Gasteiger partial charge >= 0.3 is 0 Å². The first kappa shape index (κ1) is 14.9. The molecule has 0 saturated carbocycles. The van der Waals surface area contributed by atoms with Crippen LogP contribution in [0.3, 0.4) is 0 Å². The third-order valence-corrected chi connectivity index (χ3v) is 5.52. The lowest BCUT2D eigenvalue weighted by molar-refractivity contribution is 0.459. The van der Waals surface area contributed by atoms with Crippen LogP contribution in [0.1, 0.15) is 16.4 Å². The molecule has 0 bridgehead atoms. The van der Waals surface area contributed by atoms with E-state index in [1.165, 1.54) is 0 Å². The van der Waals surface area contributed by atoms with Gasteiger partial charge in [0.1, 0.15) is 11.5 Å². The molecule has 1 atom stereocenters. The molecule has 114 valence electrons. The van der Waals surface area contributed by atoms with Crippen molar-refractivity contribution in [2.75, 3.05) is 0 Å². The highest BCUT2D eigenvalue weighted by Crippen LogP contribution is 2.51. The molecule has 1 nitrogen and oxygen atoms in total. The molecule has 1 aliphatic rings. The Morgan fingerprint density at radius 1 is 0.739 bits per heavy atom. The fourth-order valence-electron chi connectivity index (χ4n) is 2.67. The van der Waals surface area contributed by atoms with E-state index in [0.29, 0.717) is 5.02 Å². The highest BCUT2D eigenvalue weighted by atomic mass is 35.5. The van der Waals surface area contributed by atoms with E-state index >= 15 is 0 Å². The van der Waals surface area contributed by atoms with Gasteiger partial charge in [-0.2, -0.15) is 0 Å². The number of ether oxygens (including phenoxy) is 1. The summed E-state index contributed by atoms with van der Waals surface area (Å²) in [5, 5.41) is 1.59. The molecular formula is C19H12Cl2OS. The van der Waals surface area contributed by atoms with Gasteiger partial charge in [-0.3, -0.25) is 0 Å². The van der Waals surface area contributed by atoms with E-state index < -0.39 is 0 Å². The highest BCUT2D eigenvalue weighted by Gasteiger charge is 2.28. The van der Waals surface area contributed by atoms with Gasteiger partial charge in [-0.25, -0.2) is 0 Å². The summed E-state index contributed by atoms with van der Waals surface area (Å²) in [4.78, 5) is 1.15. The Labute approximate surface area is 149 Å². The van der Waals surface area contributed by atoms with E-state index in [0.717, 1.165) is 32.5 Å². The van der Waals surface area contributed by atoms with Gasteiger partial charge in [0.05, 0.1) is 5.25 Å². The second kappa shape index (κ2) is 6.12. The summed E-state index contributed by atoms with van der Waals surface area (Å²) in [6.07, 6.45) is 0. The Bertz CT molecular complexity index is 861. The number of benzene rings is 3. The maximum absolute atomic E-state index is 6.21. The van der Waals surface area contributed by atoms with E-state index in [-0.39, 0.29) is 5.25 Å². The maximum Gasteiger partial charge on any atom is 0.132 e. The van der Waals surface area contributed by atoms with Crippen LogP contribution in [0, 0.1) is 0 Å². The zero-order valence-electron chi connectivity index (χ0n) is 12.0. The first-order valence-corrected chi connectivity index (χ1v) is 8.83. The van der Waals surface area contributed by atoms with Gasteiger partial charge in [0, 0.05) is 26.1 Å². The molecule has 0 saturated heterocycles. The fraction of sp³-hybridized carbons (Fsp3) is 0.0526. The summed E-state index contributed by atoms with van der Waals surface area (Å²) in [7, 11) is 0. The molecule has 23 heavy (non-hydrogen) atoms. The van der Waals surface area contributed by atoms with Crippen LogP contribution in [-0.2, 0) is 0 Å². The Morgan fingerprint density at radius 3 is 2.26 bits per heavy atom. The SMILES string of the molecule is Clc1ccc(SC2c3ccccc3Oc3ccc(Cl)cc32)cc1. The quantitative estimate of drug-likeness (QED) is 0.488. The van der Waals surface area contributed by atoms with Gasteiger partial charge in [0.15, 0.2) is 0 Å². The third kappa shape index (κ3) is 2.94. The van der Waals surface area contributed by atoms with Gasteiger partial charge < -0.3 is 4.74 Å². The largest absolute Gasteiger partial charge is 0.457 e. The first-order chi connectivity index (χ1) is 11.2. The predicted octanol–water partition coefficient (Wildman–Crippen LogP) is 6.98. The topological polar surface area (TPSA) is 9.23 Å². The van der Waals surface area contributed by atoms with Gasteiger partial charge in [-0.1, -0.05) is 41.4 Å². The normalized spacial score (nSPS) is 15.5. The smallest absolute Gasteiger partial charge is 0.132 e. The van der Waals surface area contributed by atoms with Gasteiger partial charge in [-0.15, -0.1) is 11.8 Å².